The zero-order chi connectivity index (χ0) is 98.9. The number of nitro groups is 2. The van der Waals surface area contributed by atoms with Crippen molar-refractivity contribution in [1.29, 1.82) is 0 Å². The van der Waals surface area contributed by atoms with E-state index in [9.17, 15) is 76.5 Å². The van der Waals surface area contributed by atoms with Crippen molar-refractivity contribution in [2.45, 2.75) is 153 Å². The first-order chi connectivity index (χ1) is 64.9. The van der Waals surface area contributed by atoms with Gasteiger partial charge in [0.2, 0.25) is 58.0 Å². The van der Waals surface area contributed by atoms with Gasteiger partial charge in [-0.1, -0.05) is 56.0 Å². The fraction of sp³-hybridized carbons (Fsp3) is 0.337. The van der Waals surface area contributed by atoms with Gasteiger partial charge in [0.15, 0.2) is 46.3 Å². The van der Waals surface area contributed by atoms with Crippen molar-refractivity contribution in [2.24, 2.45) is 5.73 Å². The molecular weight excluding hydrogens is 1850 g/mol. The molecule has 43 nitrogen and oxygen atoms in total. The van der Waals surface area contributed by atoms with Crippen LogP contribution in [0.15, 0.2) is 147 Å². The Hall–Kier alpha value is -14.8. The number of carbonyl (C=O) groups is 7. The van der Waals surface area contributed by atoms with E-state index in [2.05, 4.69) is 86.9 Å². The predicted octanol–water partition coefficient (Wildman–Crippen LogP) is 6.87. The number of anilines is 9. The number of carbonyl (C=O) groups excluding carboxylic acids is 7. The van der Waals surface area contributed by atoms with Crippen LogP contribution in [0.2, 0.25) is 5.28 Å². The Morgan fingerprint density at radius 3 is 1.14 bits per heavy atom. The number of aromatic nitrogens is 16. The van der Waals surface area contributed by atoms with Crippen molar-refractivity contribution in [1.82, 2.24) is 79.0 Å². The number of aliphatic hydroxyl groups is 1. The summed E-state index contributed by atoms with van der Waals surface area (Å²) in [7, 11) is 6.42. The molecule has 12 aromatic rings. The van der Waals surface area contributed by atoms with Gasteiger partial charge in [0, 0.05) is 101 Å². The smallest absolute Gasteiger partial charge is 1.00 e. The SMILES string of the molecule is C.CCOC(=O)c1nc(Cl)nc(N(C)[C@@H](C)C(C)=O)c1[N+](=O)[O-].CCOC(=O)c1nc(NCc2cnn(Cc3ccc(F)cc3)c2)nc(N(C)[C@@H](C)C(C)=O)c1[N+](=O)[O-].CCOC(=O)c1nc(NCc2cnn(Cc3ccc(F)cc3)c2)nc2c1NC(=O)[C@H](C)N2C.C[C@H]1C(=O)Nc2c(CO)nc(NCc3cnn(Cc4ccc(F)cc4)c3)nc2N1C.NCc1cnn(Cc2ccc(F)cc2)c1.[AlH3].[H-].[Li+]. The van der Waals surface area contributed by atoms with Gasteiger partial charge in [0.05, 0.1) is 105 Å². The maximum atomic E-state index is 13.1. The normalized spacial score (nSPS) is 12.9. The number of ketones is 2. The monoisotopic (exact) mass is 1950 g/mol. The standard InChI is InChI=1S/C23H26FN7O5.C22H24FN7O3.C20H22FN7O2.C12H15ClN4O5.C11H12FN3.CH4.Al.Li.4H/c1-5-36-22(33)19-20(31(34)35)21(29(4)14(2)15(3)32)28-23(27-19)25-10-17-11-26-30(13-17)12-16-6-8-18(24)9-7-16;1-4-33-21(32)18-17-19(29(3)13(2)20(31)26-17)28-22(27-18)24-9-15-10-25-30(12-15)11-14-5-7-16(23)8-6-14;1-12-19(30)25-17-16(11-29)24-20(26-18(17)27(12)2)22-7-14-8-23-28(10-14)9-13-3-5-15(21)6-4-13;1-5-22-11(19)8-9(17(20)21)10(15-12(13)14-8)16(4)6(2)7(3)18;12-11-3-1-9(2-4-11)7-15-8-10(5-13)6-14-15;;;;;;;/h6-9,11,13-14H,5,10,12H2,1-4H3,(H,25,27,28);5-8,10,12-13H,4,9,11H2,1-3H3,(H,26,31)(H,24,27,28);3-6,8,10,12,29H,7,9,11H2,1-2H3,(H,25,30)(H,22,24,26);6H,5H2,1-4H3;1-4,6,8H,5,7,13H2;1H4;;;;;;/q;;;;;;;+1;;;;-1/t14-;13-;12-;6-;;;;;;;;/m0000......../s1. The molecule has 0 spiro atoms. The van der Waals surface area contributed by atoms with Crippen molar-refractivity contribution in [2.75, 3.05) is 94.2 Å². The number of hydrogen-bond acceptors (Lipinski definition) is 35. The number of aliphatic hydroxyl groups excluding tert-OH is 1. The molecule has 50 heteroatoms. The van der Waals surface area contributed by atoms with Gasteiger partial charge in [-0.15, -0.1) is 0 Å². The molecule has 4 atom stereocenters. The van der Waals surface area contributed by atoms with E-state index < -0.39 is 68.6 Å². The van der Waals surface area contributed by atoms with Crippen LogP contribution in [-0.2, 0) is 92.4 Å². The number of amides is 2. The molecule has 0 saturated carbocycles. The van der Waals surface area contributed by atoms with Gasteiger partial charge in [0.1, 0.15) is 46.7 Å². The number of nitrogens with zero attached hydrogens (tertiary/aromatic N) is 22. The third-order valence-electron chi connectivity index (χ3n) is 20.9. The average Bonchev–Trinajstić information content (AvgIpc) is 0.913. The Bertz CT molecular complexity index is 6280. The van der Waals surface area contributed by atoms with E-state index in [1.54, 1.807) is 171 Å². The number of likely N-dealkylation sites (N-methyl/N-ethyl adjacent to an activating group) is 4. The quantitative estimate of drug-likeness (QED) is 0.00419. The van der Waals surface area contributed by atoms with Crippen molar-refractivity contribution < 1.29 is 101 Å². The number of nitrogens with one attached hydrogen (secondary N) is 5. The number of hydrogen-bond donors (Lipinski definition) is 7. The molecule has 8 aromatic heterocycles. The minimum Gasteiger partial charge on any atom is -1.00 e. The van der Waals surface area contributed by atoms with Crippen molar-refractivity contribution in [3.05, 3.63) is 263 Å². The molecule has 0 saturated heterocycles. The average molecular weight is 1950 g/mol. The third-order valence-corrected chi connectivity index (χ3v) is 21.1. The van der Waals surface area contributed by atoms with Crippen molar-refractivity contribution >= 4 is 134 Å². The van der Waals surface area contributed by atoms with Crippen LogP contribution >= 0.6 is 11.6 Å². The van der Waals surface area contributed by atoms with E-state index in [4.69, 9.17) is 31.5 Å². The summed E-state index contributed by atoms with van der Waals surface area (Å²) in [5, 5.41) is 64.3. The maximum absolute atomic E-state index is 13.1. The molecular formula is C89H107AlClF4LiN28O15. The summed E-state index contributed by atoms with van der Waals surface area (Å²) in [5.41, 5.74) is 11.4. The van der Waals surface area contributed by atoms with E-state index >= 15 is 0 Å². The van der Waals surface area contributed by atoms with E-state index in [1.807, 2.05) is 18.6 Å². The molecule has 2 aliphatic heterocycles. The van der Waals surface area contributed by atoms with Gasteiger partial charge < -0.3 is 72.7 Å². The zero-order valence-electron chi connectivity index (χ0n) is 78.1. The van der Waals surface area contributed by atoms with Gasteiger partial charge in [-0.3, -0.25) is 58.1 Å². The number of halogens is 5. The molecule has 139 heavy (non-hydrogen) atoms. The van der Waals surface area contributed by atoms with Crippen LogP contribution < -0.4 is 70.8 Å². The summed E-state index contributed by atoms with van der Waals surface area (Å²) < 4.78 is 73.7. The topological polar surface area (TPSA) is 527 Å². The second-order valence-corrected chi connectivity index (χ2v) is 30.8. The zero-order valence-corrected chi connectivity index (χ0v) is 77.9. The molecule has 0 unspecified atom stereocenters. The van der Waals surface area contributed by atoms with E-state index in [1.165, 1.54) is 86.3 Å². The second kappa shape index (κ2) is 51.9. The van der Waals surface area contributed by atoms with E-state index in [0.29, 0.717) is 74.8 Å². The minimum absolute atomic E-state index is 0. The number of ether oxygens (including phenoxy) is 3. The molecule has 0 aliphatic carbocycles. The summed E-state index contributed by atoms with van der Waals surface area (Å²) in [6.45, 7) is 17.6. The number of Topliss-reactive ketones (excluding diaryl/α,β-unsaturated/α-hetero) is 2. The largest absolute Gasteiger partial charge is 1.00 e. The number of nitrogens with two attached hydrogens (primary N) is 1. The number of benzene rings is 4. The summed E-state index contributed by atoms with van der Waals surface area (Å²) in [4.78, 5) is 145. The molecule has 0 fully saturated rings. The Balaban J connectivity index is 0.000000273. The van der Waals surface area contributed by atoms with Crippen molar-refractivity contribution in [3.63, 3.8) is 0 Å². The second-order valence-electron chi connectivity index (χ2n) is 30.5. The Morgan fingerprint density at radius 1 is 0.504 bits per heavy atom. The molecule has 4 aromatic carbocycles. The molecule has 10 heterocycles. The number of esters is 3. The fourth-order valence-corrected chi connectivity index (χ4v) is 13.0. The number of fused-ring (bicyclic) bond motifs is 2. The minimum atomic E-state index is -0.983. The van der Waals surface area contributed by atoms with Crippen LogP contribution in [0.25, 0.3) is 0 Å². The summed E-state index contributed by atoms with van der Waals surface area (Å²) in [5.74, 6) is -3.54. The van der Waals surface area contributed by atoms with Crippen LogP contribution in [-0.4, -0.2) is 225 Å². The maximum Gasteiger partial charge on any atom is 1.00 e. The molecule has 14 rings (SSSR count). The molecule has 0 bridgehead atoms. The molecule has 732 valence electrons. The van der Waals surface area contributed by atoms with Gasteiger partial charge in [-0.05, 0) is 145 Å². The number of rotatable bonds is 33. The third kappa shape index (κ3) is 30.1. The van der Waals surface area contributed by atoms with Crippen LogP contribution in [0.3, 0.4) is 0 Å². The predicted molar refractivity (Wildman–Crippen MR) is 509 cm³/mol. The molecule has 2 amide bonds. The van der Waals surface area contributed by atoms with E-state index in [0.717, 1.165) is 44.5 Å². The first-order valence-electron chi connectivity index (χ1n) is 42.1. The Kier molecular flexibility index (Phi) is 41.5. The Morgan fingerprint density at radius 2 is 0.806 bits per heavy atom. The van der Waals surface area contributed by atoms with Gasteiger partial charge in [0.25, 0.3) is 0 Å². The van der Waals surface area contributed by atoms with Crippen LogP contribution in [0.1, 0.15) is 153 Å². The Labute approximate surface area is 824 Å². The first kappa shape index (κ1) is 111. The summed E-state index contributed by atoms with van der Waals surface area (Å²) >= 11 is 5.74. The van der Waals surface area contributed by atoms with Gasteiger partial charge >= 0.3 is 48.1 Å². The molecule has 2 aliphatic rings. The van der Waals surface area contributed by atoms with Crippen molar-refractivity contribution in [3.8, 4) is 0 Å². The molecule has 8 N–H and O–H groups in total. The summed E-state index contributed by atoms with van der Waals surface area (Å²) in [6, 6.07) is 22.7. The van der Waals surface area contributed by atoms with Crippen LogP contribution in [0.4, 0.5) is 81.4 Å². The fourth-order valence-electron chi connectivity index (χ4n) is 12.9. The van der Waals surface area contributed by atoms with Gasteiger partial charge in [-0.2, -0.15) is 45.3 Å². The first-order valence-corrected chi connectivity index (χ1v) is 42.5. The van der Waals surface area contributed by atoms with Crippen LogP contribution in [0, 0.1) is 43.5 Å². The van der Waals surface area contributed by atoms with Gasteiger partial charge in [-0.25, -0.2) is 46.9 Å². The summed E-state index contributed by atoms with van der Waals surface area (Å²) in [6.07, 6.45) is 14.2. The van der Waals surface area contributed by atoms with E-state index in [-0.39, 0.29) is 171 Å². The van der Waals surface area contributed by atoms with Crippen LogP contribution in [0.5, 0.6) is 0 Å². The molecule has 0 radical (unpaired) electrons.